The lowest BCUT2D eigenvalue weighted by molar-refractivity contribution is -0.143. The van der Waals surface area contributed by atoms with Crippen molar-refractivity contribution in [2.75, 3.05) is 5.32 Å². The number of aromatic nitrogens is 6. The summed E-state index contributed by atoms with van der Waals surface area (Å²) in [6, 6.07) is 5.55. The molecule has 0 unspecified atom stereocenters. The third-order valence-corrected chi connectivity index (χ3v) is 6.18. The number of carboxylic acids is 1. The van der Waals surface area contributed by atoms with Crippen molar-refractivity contribution in [3.8, 4) is 17.1 Å². The molecule has 0 aliphatic heterocycles. The van der Waals surface area contributed by atoms with E-state index < -0.39 is 5.97 Å². The van der Waals surface area contributed by atoms with Gasteiger partial charge in [0.25, 0.3) is 0 Å². The Morgan fingerprint density at radius 3 is 2.83 bits per heavy atom. The number of rotatable bonds is 10. The van der Waals surface area contributed by atoms with Crippen LogP contribution in [0, 0.1) is 12.8 Å². The minimum atomic E-state index is -0.752. The van der Waals surface area contributed by atoms with Crippen LogP contribution in [0.4, 0.5) is 5.95 Å². The molecule has 1 aliphatic carbocycles. The molecule has 0 aromatic carbocycles. The van der Waals surface area contributed by atoms with Gasteiger partial charge in [-0.25, -0.2) is 19.6 Å². The number of carboxylic acid groups (broad SMARTS) is 1. The van der Waals surface area contributed by atoms with Crippen LogP contribution < -0.4 is 10.1 Å². The second-order valence-electron chi connectivity index (χ2n) is 9.31. The summed E-state index contributed by atoms with van der Waals surface area (Å²) in [5, 5.41) is 21.1. The maximum Gasteiger partial charge on any atom is 0.306 e. The third kappa shape index (κ3) is 6.34. The van der Waals surface area contributed by atoms with E-state index in [1.807, 2.05) is 46.0 Å². The van der Waals surface area contributed by atoms with Crippen LogP contribution in [0.5, 0.6) is 5.75 Å². The highest BCUT2D eigenvalue weighted by Crippen LogP contribution is 2.30. The van der Waals surface area contributed by atoms with Crippen LogP contribution in [0.1, 0.15) is 56.6 Å². The van der Waals surface area contributed by atoms with Gasteiger partial charge in [-0.2, -0.15) is 0 Å². The number of pyridine rings is 1. The largest absolute Gasteiger partial charge is 0.489 e. The van der Waals surface area contributed by atoms with Gasteiger partial charge < -0.3 is 19.9 Å². The number of hydrogen-bond acceptors (Lipinski definition) is 9. The normalized spacial score (nSPS) is 17.8. The molecule has 0 spiro atoms. The van der Waals surface area contributed by atoms with Crippen molar-refractivity contribution in [3.05, 3.63) is 41.5 Å². The molecule has 2 atom stereocenters. The Bertz CT molecular complexity index is 1200. The highest BCUT2D eigenvalue weighted by molar-refractivity contribution is 5.70. The zero-order valence-corrected chi connectivity index (χ0v) is 21.1. The molecule has 1 fully saturated rings. The number of aryl methyl sites for hydroxylation is 2. The summed E-state index contributed by atoms with van der Waals surface area (Å²) >= 11 is 0. The van der Waals surface area contributed by atoms with Gasteiger partial charge in [-0.05, 0) is 64.7 Å². The summed E-state index contributed by atoms with van der Waals surface area (Å²) < 4.78 is 13.5. The summed E-state index contributed by atoms with van der Waals surface area (Å²) in [7, 11) is 1.83. The number of ether oxygens (including phenoxy) is 2. The molecule has 2 N–H and O–H groups in total. The molecule has 36 heavy (non-hydrogen) atoms. The topological polar surface area (TPSA) is 137 Å². The van der Waals surface area contributed by atoms with Crippen LogP contribution >= 0.6 is 0 Å². The van der Waals surface area contributed by atoms with E-state index in [2.05, 4.69) is 25.6 Å². The van der Waals surface area contributed by atoms with E-state index in [4.69, 9.17) is 14.5 Å². The Morgan fingerprint density at radius 1 is 1.25 bits per heavy atom. The number of anilines is 1. The Kier molecular flexibility index (Phi) is 8.09. The molecule has 0 bridgehead atoms. The monoisotopic (exact) mass is 495 g/mol. The van der Waals surface area contributed by atoms with Crippen molar-refractivity contribution in [3.63, 3.8) is 0 Å². The Hall–Kier alpha value is -3.60. The molecule has 11 nitrogen and oxygen atoms in total. The average molecular weight is 496 g/mol. The van der Waals surface area contributed by atoms with Crippen LogP contribution in [0.3, 0.4) is 0 Å². The maximum absolute atomic E-state index is 11.4. The van der Waals surface area contributed by atoms with Gasteiger partial charge in [0.05, 0.1) is 54.1 Å². The zero-order valence-electron chi connectivity index (χ0n) is 21.1. The lowest BCUT2D eigenvalue weighted by atomic mass is 9.87. The van der Waals surface area contributed by atoms with E-state index in [1.165, 1.54) is 0 Å². The lowest BCUT2D eigenvalue weighted by Gasteiger charge is -2.27. The van der Waals surface area contributed by atoms with Crippen LogP contribution in [0.15, 0.2) is 24.4 Å². The quantitative estimate of drug-likeness (QED) is 0.429. The maximum atomic E-state index is 11.4. The first-order valence-corrected chi connectivity index (χ1v) is 12.2. The lowest BCUT2D eigenvalue weighted by Crippen LogP contribution is -2.29. The fourth-order valence-corrected chi connectivity index (χ4v) is 4.21. The van der Waals surface area contributed by atoms with Gasteiger partial charge in [0.1, 0.15) is 11.4 Å². The summed E-state index contributed by atoms with van der Waals surface area (Å²) in [6.07, 6.45) is 4.61. The van der Waals surface area contributed by atoms with Crippen LogP contribution in [-0.2, 0) is 29.7 Å². The van der Waals surface area contributed by atoms with E-state index in [0.29, 0.717) is 49.1 Å². The minimum Gasteiger partial charge on any atom is -0.489 e. The first-order chi connectivity index (χ1) is 17.3. The molecular weight excluding hydrogens is 462 g/mol. The first kappa shape index (κ1) is 25.5. The third-order valence-electron chi connectivity index (χ3n) is 6.18. The van der Waals surface area contributed by atoms with Gasteiger partial charge in [-0.1, -0.05) is 5.21 Å². The summed E-state index contributed by atoms with van der Waals surface area (Å²) in [5.74, 6) is 0.0517. The molecule has 0 amide bonds. The minimum absolute atomic E-state index is 0.121. The van der Waals surface area contributed by atoms with Crippen molar-refractivity contribution in [2.24, 2.45) is 13.0 Å². The van der Waals surface area contributed by atoms with Crippen LogP contribution in [0.25, 0.3) is 11.4 Å². The predicted octanol–water partition coefficient (Wildman–Crippen LogP) is 3.53. The Morgan fingerprint density at radius 2 is 2.08 bits per heavy atom. The van der Waals surface area contributed by atoms with Gasteiger partial charge in [-0.15, -0.1) is 5.10 Å². The molecule has 3 heterocycles. The number of nitrogens with zero attached hydrogens (tertiary/aromatic N) is 6. The van der Waals surface area contributed by atoms with E-state index in [1.54, 1.807) is 10.9 Å². The second-order valence-corrected chi connectivity index (χ2v) is 9.31. The molecule has 1 aliphatic rings. The molecule has 4 rings (SSSR count). The van der Waals surface area contributed by atoms with Crippen molar-refractivity contribution >= 4 is 11.9 Å². The first-order valence-electron chi connectivity index (χ1n) is 12.2. The van der Waals surface area contributed by atoms with Gasteiger partial charge in [0.15, 0.2) is 0 Å². The van der Waals surface area contributed by atoms with Gasteiger partial charge in [0.2, 0.25) is 5.95 Å². The molecule has 3 aromatic heterocycles. The highest BCUT2D eigenvalue weighted by atomic mass is 16.5. The smallest absolute Gasteiger partial charge is 0.306 e. The van der Waals surface area contributed by atoms with E-state index >= 15 is 0 Å². The van der Waals surface area contributed by atoms with Crippen molar-refractivity contribution < 1.29 is 19.4 Å². The molecular formula is C25H33N7O4. The van der Waals surface area contributed by atoms with Crippen molar-refractivity contribution in [1.82, 2.24) is 29.9 Å². The van der Waals surface area contributed by atoms with Crippen molar-refractivity contribution in [1.29, 1.82) is 0 Å². The summed E-state index contributed by atoms with van der Waals surface area (Å²) in [5.41, 5.74) is 3.68. The fraction of sp³-hybridized carbons (Fsp3) is 0.520. The molecule has 0 radical (unpaired) electrons. The summed E-state index contributed by atoms with van der Waals surface area (Å²) in [6.45, 7) is 6.67. The number of nitrogens with one attached hydrogen (secondary N) is 1. The number of carbonyl (C=O) groups is 1. The standard InChI is InChI=1S/C25H33N7O4/c1-15(2)35-14-18-10-11-26-25(29-18)27-13-21-23(30-31-32(21)4)20-8-9-22(16(3)28-20)36-19-7-5-6-17(12-19)24(33)34/h8-11,15,17,19H,5-7,12-14H2,1-4H3,(H,33,34)(H,26,27,29)/t17-,19-/m0/s1. The fourth-order valence-electron chi connectivity index (χ4n) is 4.21. The van der Waals surface area contributed by atoms with Crippen LogP contribution in [0.2, 0.25) is 0 Å². The molecule has 0 saturated heterocycles. The number of aliphatic carboxylic acids is 1. The Labute approximate surface area is 210 Å². The van der Waals surface area contributed by atoms with Crippen molar-refractivity contribution in [2.45, 2.75) is 71.8 Å². The average Bonchev–Trinajstić information content (AvgIpc) is 3.23. The van der Waals surface area contributed by atoms with Crippen LogP contribution in [-0.4, -0.2) is 53.2 Å². The van der Waals surface area contributed by atoms with E-state index in [9.17, 15) is 9.90 Å². The molecule has 192 valence electrons. The van der Waals surface area contributed by atoms with Gasteiger partial charge in [0, 0.05) is 13.2 Å². The van der Waals surface area contributed by atoms with E-state index in [-0.39, 0.29) is 18.1 Å². The zero-order chi connectivity index (χ0) is 25.7. The van der Waals surface area contributed by atoms with Gasteiger partial charge >= 0.3 is 5.97 Å². The van der Waals surface area contributed by atoms with Gasteiger partial charge in [-0.3, -0.25) is 4.79 Å². The predicted molar refractivity (Wildman–Crippen MR) is 132 cm³/mol. The molecule has 11 heteroatoms. The molecule has 3 aromatic rings. The Balaban J connectivity index is 1.44. The molecule has 1 saturated carbocycles. The second kappa shape index (κ2) is 11.4. The number of hydrogen-bond donors (Lipinski definition) is 2. The van der Waals surface area contributed by atoms with E-state index in [0.717, 1.165) is 29.9 Å². The summed E-state index contributed by atoms with van der Waals surface area (Å²) in [4.78, 5) is 24.9. The SMILES string of the molecule is Cc1nc(-c2nnn(C)c2CNc2nccc(COC(C)C)n2)ccc1O[C@H]1CCC[C@H](C(=O)O)C1. The highest BCUT2D eigenvalue weighted by Gasteiger charge is 2.28.